The molecule has 19 heavy (non-hydrogen) atoms. The quantitative estimate of drug-likeness (QED) is 0.573. The van der Waals surface area contributed by atoms with Crippen LogP contribution in [0.2, 0.25) is 0 Å². The second kappa shape index (κ2) is 5.22. The second-order valence-corrected chi connectivity index (χ2v) is 4.94. The first-order valence-corrected chi connectivity index (χ1v) is 5.75. The molecular formula is C12H14F3O4-. The minimum Gasteiger partial charge on any atom is -0.545 e. The van der Waals surface area contributed by atoms with E-state index < -0.39 is 29.6 Å². The largest absolute Gasteiger partial charge is 0.545 e. The number of rotatable bonds is 4. The van der Waals surface area contributed by atoms with Gasteiger partial charge in [-0.05, 0) is 24.8 Å². The molecule has 0 aromatic heterocycles. The average molecular weight is 279 g/mol. The zero-order valence-corrected chi connectivity index (χ0v) is 10.5. The Labute approximate surface area is 108 Å². The number of aliphatic carboxylic acids is 1. The van der Waals surface area contributed by atoms with Crippen LogP contribution in [0.15, 0.2) is 12.2 Å². The Balaban J connectivity index is 2.67. The van der Waals surface area contributed by atoms with E-state index in [-0.39, 0.29) is 18.8 Å². The van der Waals surface area contributed by atoms with E-state index in [2.05, 4.69) is 0 Å². The van der Waals surface area contributed by atoms with E-state index in [0.29, 0.717) is 12.2 Å². The first-order valence-electron chi connectivity index (χ1n) is 5.75. The molecule has 0 aliphatic heterocycles. The van der Waals surface area contributed by atoms with Crippen molar-refractivity contribution < 1.29 is 32.6 Å². The van der Waals surface area contributed by atoms with E-state index in [0.717, 1.165) is 0 Å². The molecule has 1 fully saturated rings. The van der Waals surface area contributed by atoms with Gasteiger partial charge in [0.2, 0.25) is 0 Å². The number of carbonyl (C=O) groups excluding carboxylic acids is 2. The summed E-state index contributed by atoms with van der Waals surface area (Å²) in [6.45, 7) is 3.31. The van der Waals surface area contributed by atoms with Crippen LogP contribution in [0.1, 0.15) is 26.7 Å². The van der Waals surface area contributed by atoms with Crippen molar-refractivity contribution in [3.63, 3.8) is 0 Å². The minimum absolute atomic E-state index is 0.286. The van der Waals surface area contributed by atoms with E-state index in [4.69, 9.17) is 4.74 Å². The highest BCUT2D eigenvalue weighted by molar-refractivity contribution is 5.90. The molecule has 1 rings (SSSR count). The third kappa shape index (κ3) is 3.71. The molecular weight excluding hydrogens is 265 g/mol. The van der Waals surface area contributed by atoms with Gasteiger partial charge in [0, 0.05) is 6.08 Å². The van der Waals surface area contributed by atoms with Gasteiger partial charge in [0.1, 0.15) is 5.60 Å². The van der Waals surface area contributed by atoms with Crippen LogP contribution < -0.4 is 5.11 Å². The van der Waals surface area contributed by atoms with Gasteiger partial charge in [-0.2, -0.15) is 13.2 Å². The number of ether oxygens (including phenoxy) is 1. The minimum atomic E-state index is -4.30. The summed E-state index contributed by atoms with van der Waals surface area (Å²) < 4.78 is 42.4. The number of alkyl halides is 3. The molecule has 108 valence electrons. The van der Waals surface area contributed by atoms with Gasteiger partial charge >= 0.3 is 12.1 Å². The fraction of sp³-hybridized carbons (Fsp3) is 0.667. The zero-order valence-electron chi connectivity index (χ0n) is 10.5. The summed E-state index contributed by atoms with van der Waals surface area (Å²) >= 11 is 0. The lowest BCUT2D eigenvalue weighted by Crippen LogP contribution is -2.55. The smallest absolute Gasteiger partial charge is 0.392 e. The zero-order chi connectivity index (χ0) is 14.8. The molecule has 1 aliphatic rings. The third-order valence-corrected chi connectivity index (χ3v) is 3.36. The molecule has 0 saturated heterocycles. The highest BCUT2D eigenvalue weighted by Crippen LogP contribution is 2.52. The number of carboxylic acids is 1. The summed E-state index contributed by atoms with van der Waals surface area (Å²) in [5, 5.41) is 10.1. The van der Waals surface area contributed by atoms with Crippen molar-refractivity contribution in [1.82, 2.24) is 0 Å². The van der Waals surface area contributed by atoms with Gasteiger partial charge in [0.25, 0.3) is 0 Å². The summed E-state index contributed by atoms with van der Waals surface area (Å²) in [6.07, 6.45) is -3.76. The molecule has 1 saturated carbocycles. The molecule has 0 bridgehead atoms. The van der Waals surface area contributed by atoms with E-state index >= 15 is 0 Å². The molecule has 0 unspecified atom stereocenters. The molecule has 0 atom stereocenters. The van der Waals surface area contributed by atoms with Crippen molar-refractivity contribution in [3.05, 3.63) is 12.2 Å². The summed E-state index contributed by atoms with van der Waals surface area (Å²) in [5.74, 6) is -4.31. The third-order valence-electron chi connectivity index (χ3n) is 3.36. The van der Waals surface area contributed by atoms with Gasteiger partial charge in [-0.1, -0.05) is 13.8 Å². The van der Waals surface area contributed by atoms with Crippen LogP contribution in [0.4, 0.5) is 13.2 Å². The van der Waals surface area contributed by atoms with Crippen molar-refractivity contribution in [2.45, 2.75) is 38.5 Å². The van der Waals surface area contributed by atoms with E-state index in [1.807, 2.05) is 0 Å². The van der Waals surface area contributed by atoms with Crippen LogP contribution in [-0.4, -0.2) is 23.7 Å². The Morgan fingerprint density at radius 1 is 1.32 bits per heavy atom. The Morgan fingerprint density at radius 3 is 2.21 bits per heavy atom. The molecule has 0 aromatic rings. The highest BCUT2D eigenvalue weighted by atomic mass is 19.4. The van der Waals surface area contributed by atoms with Crippen molar-refractivity contribution in [2.75, 3.05) is 0 Å². The molecule has 0 spiro atoms. The van der Waals surface area contributed by atoms with Crippen molar-refractivity contribution in [3.8, 4) is 0 Å². The van der Waals surface area contributed by atoms with Gasteiger partial charge in [0.15, 0.2) is 0 Å². The predicted molar refractivity (Wildman–Crippen MR) is 56.6 cm³/mol. The van der Waals surface area contributed by atoms with Gasteiger partial charge < -0.3 is 14.6 Å². The van der Waals surface area contributed by atoms with Crippen molar-refractivity contribution >= 4 is 11.9 Å². The molecule has 1 aliphatic carbocycles. The summed E-state index contributed by atoms with van der Waals surface area (Å²) in [4.78, 5) is 21.5. The molecule has 0 radical (unpaired) electrons. The Morgan fingerprint density at radius 2 is 1.84 bits per heavy atom. The number of hydrogen-bond acceptors (Lipinski definition) is 4. The SMILES string of the molecule is CC(C)C1(OC(=O)/C=C\C(=O)[O-])CC(C(F)(F)F)C1. The molecule has 0 heterocycles. The topological polar surface area (TPSA) is 66.4 Å². The van der Waals surface area contributed by atoms with Crippen molar-refractivity contribution in [2.24, 2.45) is 11.8 Å². The lowest BCUT2D eigenvalue weighted by molar-refractivity contribution is -0.297. The van der Waals surface area contributed by atoms with Crippen molar-refractivity contribution in [1.29, 1.82) is 0 Å². The number of carboxylic acid groups (broad SMARTS) is 1. The van der Waals surface area contributed by atoms with Gasteiger partial charge in [0.05, 0.1) is 11.9 Å². The van der Waals surface area contributed by atoms with Crippen LogP contribution in [0.5, 0.6) is 0 Å². The van der Waals surface area contributed by atoms with Gasteiger partial charge in [-0.3, -0.25) is 0 Å². The maximum atomic E-state index is 12.5. The lowest BCUT2D eigenvalue weighted by Gasteiger charge is -2.49. The number of esters is 1. The Bertz CT molecular complexity index is 392. The van der Waals surface area contributed by atoms with E-state index in [1.54, 1.807) is 13.8 Å². The molecule has 7 heteroatoms. The number of halogens is 3. The Kier molecular flexibility index (Phi) is 4.27. The maximum absolute atomic E-state index is 12.5. The normalized spacial score (nSPS) is 27.4. The second-order valence-electron chi connectivity index (χ2n) is 4.94. The first-order chi connectivity index (χ1) is 8.57. The number of hydrogen-bond donors (Lipinski definition) is 0. The maximum Gasteiger partial charge on any atom is 0.392 e. The molecule has 0 aromatic carbocycles. The monoisotopic (exact) mass is 279 g/mol. The Hall–Kier alpha value is -1.53. The highest BCUT2D eigenvalue weighted by Gasteiger charge is 2.59. The fourth-order valence-electron chi connectivity index (χ4n) is 2.05. The molecule has 0 N–H and O–H groups in total. The lowest BCUT2D eigenvalue weighted by atomic mass is 9.65. The van der Waals surface area contributed by atoms with Crippen LogP contribution in [0.3, 0.4) is 0 Å². The van der Waals surface area contributed by atoms with Gasteiger partial charge in [-0.15, -0.1) is 0 Å². The molecule has 4 nitrogen and oxygen atoms in total. The van der Waals surface area contributed by atoms with Crippen LogP contribution in [-0.2, 0) is 14.3 Å². The predicted octanol–water partition coefficient (Wildman–Crippen LogP) is 1.20. The van der Waals surface area contributed by atoms with Gasteiger partial charge in [-0.25, -0.2) is 4.79 Å². The fourth-order valence-corrected chi connectivity index (χ4v) is 2.05. The average Bonchev–Trinajstić information content (AvgIpc) is 2.17. The summed E-state index contributed by atoms with van der Waals surface area (Å²) in [7, 11) is 0. The summed E-state index contributed by atoms with van der Waals surface area (Å²) in [6, 6.07) is 0. The van der Waals surface area contributed by atoms with Crippen LogP contribution in [0, 0.1) is 11.8 Å². The van der Waals surface area contributed by atoms with Crippen LogP contribution >= 0.6 is 0 Å². The van der Waals surface area contributed by atoms with E-state index in [9.17, 15) is 27.9 Å². The standard InChI is InChI=1S/C12H15F3O4/c1-7(2)11(5-8(6-11)12(13,14)15)19-10(18)4-3-9(16)17/h3-4,7-8H,5-6H2,1-2H3,(H,16,17)/p-1/b4-3-. The molecule has 0 amide bonds. The number of carbonyl (C=O) groups is 2. The van der Waals surface area contributed by atoms with Crippen LogP contribution in [0.25, 0.3) is 0 Å². The first kappa shape index (κ1) is 15.5. The summed E-state index contributed by atoms with van der Waals surface area (Å²) in [5.41, 5.74) is -1.17. The van der Waals surface area contributed by atoms with E-state index in [1.165, 1.54) is 0 Å².